The second-order valence-corrected chi connectivity index (χ2v) is 5.76. The molecule has 3 aromatic rings. The molecule has 0 bridgehead atoms. The minimum atomic E-state index is -0.325. The van der Waals surface area contributed by atoms with E-state index >= 15 is 0 Å². The summed E-state index contributed by atoms with van der Waals surface area (Å²) in [5.41, 5.74) is 3.48. The molecule has 0 aromatic heterocycles. The van der Waals surface area contributed by atoms with E-state index in [1.165, 1.54) is 6.21 Å². The molecule has 114 valence electrons. The number of carbonyl (C=O) groups is 1. The highest BCUT2D eigenvalue weighted by Gasteiger charge is 2.08. The molecule has 0 aliphatic carbocycles. The summed E-state index contributed by atoms with van der Waals surface area (Å²) in [5, 5.41) is 15.9. The molecular weight excluding hydrogens is 356 g/mol. The highest BCUT2D eigenvalue weighted by molar-refractivity contribution is 9.10. The van der Waals surface area contributed by atoms with Crippen LogP contribution in [0.25, 0.3) is 10.8 Å². The van der Waals surface area contributed by atoms with Gasteiger partial charge in [0.25, 0.3) is 5.91 Å². The van der Waals surface area contributed by atoms with Gasteiger partial charge in [0, 0.05) is 15.4 Å². The Balaban J connectivity index is 1.80. The number of hydrogen-bond donors (Lipinski definition) is 2. The molecule has 3 rings (SSSR count). The van der Waals surface area contributed by atoms with Gasteiger partial charge in [-0.05, 0) is 39.5 Å². The highest BCUT2D eigenvalue weighted by Crippen LogP contribution is 2.27. The number of nitrogens with one attached hydrogen (secondary N) is 1. The van der Waals surface area contributed by atoms with Crippen LogP contribution in [-0.4, -0.2) is 17.2 Å². The molecule has 0 aliphatic heterocycles. The first-order chi connectivity index (χ1) is 11.2. The largest absolute Gasteiger partial charge is 0.507 e. The maximum absolute atomic E-state index is 12.0. The third-order valence-corrected chi connectivity index (χ3v) is 4.11. The van der Waals surface area contributed by atoms with Gasteiger partial charge in [0.05, 0.1) is 11.8 Å². The maximum Gasteiger partial charge on any atom is 0.272 e. The first-order valence-corrected chi connectivity index (χ1v) is 7.75. The molecule has 0 heterocycles. The van der Waals surface area contributed by atoms with E-state index in [-0.39, 0.29) is 11.7 Å². The topological polar surface area (TPSA) is 61.7 Å². The van der Waals surface area contributed by atoms with Crippen molar-refractivity contribution in [3.63, 3.8) is 0 Å². The Kier molecular flexibility index (Phi) is 4.39. The van der Waals surface area contributed by atoms with Crippen LogP contribution in [0.1, 0.15) is 15.9 Å². The molecule has 5 heteroatoms. The summed E-state index contributed by atoms with van der Waals surface area (Å²) in [6, 6.07) is 18.3. The van der Waals surface area contributed by atoms with E-state index in [1.807, 2.05) is 36.4 Å². The summed E-state index contributed by atoms with van der Waals surface area (Å²) in [5.74, 6) is -0.184. The van der Waals surface area contributed by atoms with Crippen LogP contribution in [0, 0.1) is 0 Å². The second-order valence-electron chi connectivity index (χ2n) is 4.90. The molecule has 0 spiro atoms. The van der Waals surface area contributed by atoms with Crippen LogP contribution in [0.3, 0.4) is 0 Å². The molecule has 0 saturated carbocycles. The Bertz CT molecular complexity index is 906. The normalized spacial score (nSPS) is 11.0. The molecule has 0 aliphatic rings. The number of aromatic hydroxyl groups is 1. The Labute approximate surface area is 141 Å². The molecular formula is C18H13BrN2O2. The van der Waals surface area contributed by atoms with Gasteiger partial charge in [-0.3, -0.25) is 4.79 Å². The first-order valence-electron chi connectivity index (χ1n) is 6.95. The lowest BCUT2D eigenvalue weighted by atomic mass is 10.1. The van der Waals surface area contributed by atoms with Crippen molar-refractivity contribution >= 4 is 38.8 Å². The van der Waals surface area contributed by atoms with Gasteiger partial charge in [0.15, 0.2) is 0 Å². The fourth-order valence-electron chi connectivity index (χ4n) is 2.24. The number of hydrazone groups is 1. The van der Waals surface area contributed by atoms with Gasteiger partial charge in [0.2, 0.25) is 0 Å². The highest BCUT2D eigenvalue weighted by atomic mass is 79.9. The van der Waals surface area contributed by atoms with Crippen molar-refractivity contribution in [2.75, 3.05) is 0 Å². The van der Waals surface area contributed by atoms with E-state index in [1.54, 1.807) is 24.3 Å². The summed E-state index contributed by atoms with van der Waals surface area (Å²) in [6.07, 6.45) is 1.43. The molecule has 0 radical (unpaired) electrons. The lowest BCUT2D eigenvalue weighted by Gasteiger charge is -2.05. The van der Waals surface area contributed by atoms with Crippen LogP contribution < -0.4 is 5.43 Å². The maximum atomic E-state index is 12.0. The average Bonchev–Trinajstić information content (AvgIpc) is 2.57. The van der Waals surface area contributed by atoms with E-state index < -0.39 is 0 Å². The third-order valence-electron chi connectivity index (χ3n) is 3.42. The summed E-state index contributed by atoms with van der Waals surface area (Å²) < 4.78 is 0.696. The van der Waals surface area contributed by atoms with Crippen LogP contribution in [0.15, 0.2) is 70.2 Å². The van der Waals surface area contributed by atoms with E-state index in [2.05, 4.69) is 26.5 Å². The quantitative estimate of drug-likeness (QED) is 0.540. The smallest absolute Gasteiger partial charge is 0.272 e. The van der Waals surface area contributed by atoms with Crippen molar-refractivity contribution in [2.24, 2.45) is 5.10 Å². The number of nitrogens with zero attached hydrogens (tertiary/aromatic N) is 1. The first kappa shape index (κ1) is 15.2. The molecule has 23 heavy (non-hydrogen) atoms. The number of halogens is 1. The van der Waals surface area contributed by atoms with Gasteiger partial charge >= 0.3 is 0 Å². The number of phenols is 1. The molecule has 0 saturated heterocycles. The number of carbonyl (C=O) groups excluding carboxylic acids is 1. The molecule has 4 nitrogen and oxygen atoms in total. The fourth-order valence-corrected chi connectivity index (χ4v) is 2.71. The Morgan fingerprint density at radius 1 is 1.04 bits per heavy atom. The van der Waals surface area contributed by atoms with Crippen molar-refractivity contribution in [1.29, 1.82) is 0 Å². The van der Waals surface area contributed by atoms with Crippen LogP contribution >= 0.6 is 15.9 Å². The SMILES string of the molecule is O=C(N/N=C/c1ccc2ccccc2c1O)c1ccccc1Br. The van der Waals surface area contributed by atoms with Gasteiger partial charge in [-0.15, -0.1) is 0 Å². The van der Waals surface area contributed by atoms with E-state index in [0.717, 1.165) is 10.8 Å². The Morgan fingerprint density at radius 3 is 2.61 bits per heavy atom. The molecule has 2 N–H and O–H groups in total. The van der Waals surface area contributed by atoms with Crippen LogP contribution in [0.2, 0.25) is 0 Å². The minimum Gasteiger partial charge on any atom is -0.507 e. The summed E-state index contributed by atoms with van der Waals surface area (Å²) >= 11 is 3.32. The van der Waals surface area contributed by atoms with E-state index in [0.29, 0.717) is 15.6 Å². The predicted molar refractivity (Wildman–Crippen MR) is 94.8 cm³/mol. The zero-order valence-electron chi connectivity index (χ0n) is 12.0. The molecule has 3 aromatic carbocycles. The third kappa shape index (κ3) is 3.24. The standard InChI is InChI=1S/C18H13BrN2O2/c19-16-8-4-3-7-15(16)18(23)21-20-11-13-10-9-12-5-1-2-6-14(12)17(13)22/h1-11,22H,(H,21,23)/b20-11+. The van der Waals surface area contributed by atoms with Crippen molar-refractivity contribution < 1.29 is 9.90 Å². The zero-order chi connectivity index (χ0) is 16.2. The second kappa shape index (κ2) is 6.62. The van der Waals surface area contributed by atoms with Crippen LogP contribution in [-0.2, 0) is 0 Å². The lowest BCUT2D eigenvalue weighted by molar-refractivity contribution is 0.0954. The van der Waals surface area contributed by atoms with Crippen molar-refractivity contribution in [3.8, 4) is 5.75 Å². The number of fused-ring (bicyclic) bond motifs is 1. The van der Waals surface area contributed by atoms with Crippen molar-refractivity contribution in [1.82, 2.24) is 5.43 Å². The Morgan fingerprint density at radius 2 is 1.78 bits per heavy atom. The van der Waals surface area contributed by atoms with E-state index in [9.17, 15) is 9.90 Å². The van der Waals surface area contributed by atoms with Gasteiger partial charge in [-0.2, -0.15) is 5.10 Å². The van der Waals surface area contributed by atoms with Crippen LogP contribution in [0.4, 0.5) is 0 Å². The fraction of sp³-hybridized carbons (Fsp3) is 0. The van der Waals surface area contributed by atoms with Gasteiger partial charge in [-0.1, -0.05) is 42.5 Å². The number of rotatable bonds is 3. The van der Waals surface area contributed by atoms with Crippen molar-refractivity contribution in [2.45, 2.75) is 0 Å². The number of hydrogen-bond acceptors (Lipinski definition) is 3. The zero-order valence-corrected chi connectivity index (χ0v) is 13.6. The van der Waals surface area contributed by atoms with E-state index in [4.69, 9.17) is 0 Å². The Hall–Kier alpha value is -2.66. The number of phenolic OH excluding ortho intramolecular Hbond substituents is 1. The summed E-state index contributed by atoms with van der Waals surface area (Å²) in [7, 11) is 0. The van der Waals surface area contributed by atoms with Crippen LogP contribution in [0.5, 0.6) is 5.75 Å². The monoisotopic (exact) mass is 368 g/mol. The van der Waals surface area contributed by atoms with Gasteiger partial charge in [-0.25, -0.2) is 5.43 Å². The molecule has 1 amide bonds. The average molecular weight is 369 g/mol. The summed E-state index contributed by atoms with van der Waals surface area (Å²) in [4.78, 5) is 12.0. The molecule has 0 unspecified atom stereocenters. The molecule has 0 atom stereocenters. The number of amides is 1. The minimum absolute atomic E-state index is 0.141. The molecule has 0 fully saturated rings. The lowest BCUT2D eigenvalue weighted by Crippen LogP contribution is -2.18. The predicted octanol–water partition coefficient (Wildman–Crippen LogP) is 4.07. The van der Waals surface area contributed by atoms with Crippen molar-refractivity contribution in [3.05, 3.63) is 76.3 Å². The van der Waals surface area contributed by atoms with Gasteiger partial charge in [0.1, 0.15) is 5.75 Å². The number of benzene rings is 3. The van der Waals surface area contributed by atoms with Gasteiger partial charge < -0.3 is 5.11 Å². The summed E-state index contributed by atoms with van der Waals surface area (Å²) in [6.45, 7) is 0.